The number of carbonyl (C=O) groups is 1. The Morgan fingerprint density at radius 3 is 2.44 bits per heavy atom. The molecule has 0 aromatic heterocycles. The van der Waals surface area contributed by atoms with Gasteiger partial charge in [-0.2, -0.15) is 0 Å². The Morgan fingerprint density at radius 2 is 1.89 bits per heavy atom. The molecular formula is C16H28O2. The van der Waals surface area contributed by atoms with E-state index in [1.807, 2.05) is 0 Å². The van der Waals surface area contributed by atoms with Crippen LogP contribution in [0, 0.1) is 16.7 Å². The predicted octanol–water partition coefficient (Wildman–Crippen LogP) is 4.32. The molecule has 1 saturated carbocycles. The fraction of sp³-hybridized carbons (Fsp3) is 0.938. The van der Waals surface area contributed by atoms with E-state index < -0.39 is 0 Å². The molecule has 2 nitrogen and oxygen atoms in total. The molecule has 2 heteroatoms. The molecular weight excluding hydrogens is 224 g/mol. The largest absolute Gasteiger partial charge is 0.461 e. The first-order valence-electron chi connectivity index (χ1n) is 7.57. The van der Waals surface area contributed by atoms with Gasteiger partial charge in [0.05, 0.1) is 5.41 Å². The first-order valence-corrected chi connectivity index (χ1v) is 7.57. The molecule has 0 aromatic carbocycles. The molecule has 1 heterocycles. The van der Waals surface area contributed by atoms with Crippen molar-refractivity contribution in [3.63, 3.8) is 0 Å². The first-order chi connectivity index (χ1) is 8.36. The topological polar surface area (TPSA) is 26.3 Å². The maximum absolute atomic E-state index is 12.3. The summed E-state index contributed by atoms with van der Waals surface area (Å²) in [4.78, 5) is 12.3. The molecule has 104 valence electrons. The summed E-state index contributed by atoms with van der Waals surface area (Å²) in [7, 11) is 0. The smallest absolute Gasteiger partial charge is 0.312 e. The van der Waals surface area contributed by atoms with Crippen molar-refractivity contribution in [2.75, 3.05) is 0 Å². The zero-order valence-corrected chi connectivity index (χ0v) is 12.4. The summed E-state index contributed by atoms with van der Waals surface area (Å²) >= 11 is 0. The van der Waals surface area contributed by atoms with Crippen LogP contribution in [0.5, 0.6) is 0 Å². The van der Waals surface area contributed by atoms with Crippen molar-refractivity contribution >= 4 is 5.97 Å². The number of esters is 1. The second-order valence-corrected chi connectivity index (χ2v) is 7.53. The molecule has 0 radical (unpaired) electrons. The lowest BCUT2D eigenvalue weighted by Crippen LogP contribution is -2.32. The fourth-order valence-corrected chi connectivity index (χ4v) is 3.99. The quantitative estimate of drug-likeness (QED) is 0.699. The zero-order chi connectivity index (χ0) is 13.4. The molecule has 1 aliphatic heterocycles. The lowest BCUT2D eigenvalue weighted by molar-refractivity contribution is -0.153. The summed E-state index contributed by atoms with van der Waals surface area (Å²) in [6.07, 6.45) is 8.02. The van der Waals surface area contributed by atoms with Crippen molar-refractivity contribution in [1.82, 2.24) is 0 Å². The number of ether oxygens (including phenoxy) is 1. The highest BCUT2D eigenvalue weighted by Crippen LogP contribution is 2.50. The van der Waals surface area contributed by atoms with Crippen molar-refractivity contribution in [3.05, 3.63) is 0 Å². The maximum atomic E-state index is 12.3. The molecule has 2 aliphatic rings. The molecule has 1 unspecified atom stereocenters. The van der Waals surface area contributed by atoms with Crippen LogP contribution in [0.1, 0.15) is 72.6 Å². The Hall–Kier alpha value is -0.530. The van der Waals surface area contributed by atoms with Gasteiger partial charge < -0.3 is 4.74 Å². The van der Waals surface area contributed by atoms with Gasteiger partial charge in [0.2, 0.25) is 0 Å². The van der Waals surface area contributed by atoms with Gasteiger partial charge in [0.15, 0.2) is 0 Å². The van der Waals surface area contributed by atoms with Crippen molar-refractivity contribution in [2.24, 2.45) is 16.7 Å². The van der Waals surface area contributed by atoms with Crippen LogP contribution in [-0.2, 0) is 9.53 Å². The Labute approximate surface area is 111 Å². The van der Waals surface area contributed by atoms with Crippen LogP contribution in [0.15, 0.2) is 0 Å². The molecule has 18 heavy (non-hydrogen) atoms. The molecule has 0 N–H and O–H groups in total. The number of carbonyl (C=O) groups excluding carboxylic acids is 1. The van der Waals surface area contributed by atoms with Crippen LogP contribution in [-0.4, -0.2) is 12.1 Å². The van der Waals surface area contributed by atoms with Gasteiger partial charge in [0.1, 0.15) is 6.10 Å². The molecule has 2 fully saturated rings. The third kappa shape index (κ3) is 2.57. The SMILES string of the molecule is CC(C)CC(C)(C)C1CC2(CCCCC2)C(=O)O1. The van der Waals surface area contributed by atoms with Crippen LogP contribution in [0.2, 0.25) is 0 Å². The number of cyclic esters (lactones) is 1. The summed E-state index contributed by atoms with van der Waals surface area (Å²) in [6.45, 7) is 9.00. The minimum absolute atomic E-state index is 0.101. The van der Waals surface area contributed by atoms with Crippen LogP contribution in [0.3, 0.4) is 0 Å². The van der Waals surface area contributed by atoms with Gasteiger partial charge in [-0.05, 0) is 25.2 Å². The van der Waals surface area contributed by atoms with Crippen molar-refractivity contribution < 1.29 is 9.53 Å². The van der Waals surface area contributed by atoms with Gasteiger partial charge in [-0.3, -0.25) is 4.79 Å². The zero-order valence-electron chi connectivity index (χ0n) is 12.4. The maximum Gasteiger partial charge on any atom is 0.312 e. The van der Waals surface area contributed by atoms with E-state index in [1.54, 1.807) is 0 Å². The van der Waals surface area contributed by atoms with Gasteiger partial charge in [0, 0.05) is 11.8 Å². The molecule has 2 rings (SSSR count). The van der Waals surface area contributed by atoms with Gasteiger partial charge in [-0.15, -0.1) is 0 Å². The average molecular weight is 252 g/mol. The van der Waals surface area contributed by atoms with E-state index >= 15 is 0 Å². The monoisotopic (exact) mass is 252 g/mol. The molecule has 0 aromatic rings. The molecule has 1 atom stereocenters. The van der Waals surface area contributed by atoms with E-state index in [2.05, 4.69) is 27.7 Å². The Morgan fingerprint density at radius 1 is 1.28 bits per heavy atom. The third-order valence-corrected chi connectivity index (χ3v) is 4.88. The van der Waals surface area contributed by atoms with E-state index in [9.17, 15) is 4.79 Å². The molecule has 0 amide bonds. The highest BCUT2D eigenvalue weighted by Gasteiger charge is 2.52. The normalized spacial score (nSPS) is 27.8. The highest BCUT2D eigenvalue weighted by molar-refractivity contribution is 5.79. The van der Waals surface area contributed by atoms with Crippen LogP contribution >= 0.6 is 0 Å². The van der Waals surface area contributed by atoms with E-state index in [1.165, 1.54) is 19.3 Å². The van der Waals surface area contributed by atoms with Gasteiger partial charge >= 0.3 is 5.97 Å². The highest BCUT2D eigenvalue weighted by atomic mass is 16.6. The number of hydrogen-bond acceptors (Lipinski definition) is 2. The van der Waals surface area contributed by atoms with Crippen molar-refractivity contribution in [2.45, 2.75) is 78.7 Å². The summed E-state index contributed by atoms with van der Waals surface area (Å²) in [6, 6.07) is 0. The molecule has 1 aliphatic carbocycles. The van der Waals surface area contributed by atoms with Crippen LogP contribution in [0.4, 0.5) is 0 Å². The lowest BCUT2D eigenvalue weighted by atomic mass is 9.68. The second kappa shape index (κ2) is 4.86. The van der Waals surface area contributed by atoms with Crippen molar-refractivity contribution in [1.29, 1.82) is 0 Å². The summed E-state index contributed by atoms with van der Waals surface area (Å²) in [5, 5.41) is 0. The van der Waals surface area contributed by atoms with Crippen LogP contribution < -0.4 is 0 Å². The Bertz CT molecular complexity index is 311. The van der Waals surface area contributed by atoms with E-state index in [-0.39, 0.29) is 22.9 Å². The standard InChI is InChI=1S/C16H28O2/c1-12(2)10-15(3,4)13-11-16(14(17)18-13)8-6-5-7-9-16/h12-13H,5-11H2,1-4H3. The van der Waals surface area contributed by atoms with Gasteiger partial charge in [0.25, 0.3) is 0 Å². The number of rotatable bonds is 3. The van der Waals surface area contributed by atoms with Crippen molar-refractivity contribution in [3.8, 4) is 0 Å². The number of hydrogen-bond donors (Lipinski definition) is 0. The Balaban J connectivity index is 2.08. The van der Waals surface area contributed by atoms with E-state index in [0.717, 1.165) is 25.7 Å². The minimum atomic E-state index is -0.114. The third-order valence-electron chi connectivity index (χ3n) is 4.88. The van der Waals surface area contributed by atoms with Gasteiger partial charge in [-0.25, -0.2) is 0 Å². The Kier molecular flexibility index (Phi) is 3.75. The fourth-order valence-electron chi connectivity index (χ4n) is 3.99. The predicted molar refractivity (Wildman–Crippen MR) is 73.3 cm³/mol. The molecule has 0 bridgehead atoms. The van der Waals surface area contributed by atoms with E-state index in [4.69, 9.17) is 4.74 Å². The van der Waals surface area contributed by atoms with Crippen LogP contribution in [0.25, 0.3) is 0 Å². The summed E-state index contributed by atoms with van der Waals surface area (Å²) in [5.74, 6) is 0.755. The first kappa shape index (κ1) is 13.9. The average Bonchev–Trinajstić information content (AvgIpc) is 2.57. The lowest BCUT2D eigenvalue weighted by Gasteiger charge is -2.33. The second-order valence-electron chi connectivity index (χ2n) is 7.53. The summed E-state index contributed by atoms with van der Waals surface area (Å²) < 4.78 is 5.78. The van der Waals surface area contributed by atoms with E-state index in [0.29, 0.717) is 5.92 Å². The van der Waals surface area contributed by atoms with Gasteiger partial charge in [-0.1, -0.05) is 47.0 Å². The summed E-state index contributed by atoms with van der Waals surface area (Å²) in [5.41, 5.74) is 0.00192. The minimum Gasteiger partial charge on any atom is -0.461 e. The molecule has 1 spiro atoms. The molecule has 1 saturated heterocycles.